The van der Waals surface area contributed by atoms with E-state index in [2.05, 4.69) is 10.4 Å². The van der Waals surface area contributed by atoms with Gasteiger partial charge in [-0.15, -0.1) is 0 Å². The van der Waals surface area contributed by atoms with Gasteiger partial charge in [-0.3, -0.25) is 4.79 Å². The molecule has 0 unspecified atom stereocenters. The number of nitrogens with one attached hydrogen (secondary N) is 1. The Morgan fingerprint density at radius 3 is 2.52 bits per heavy atom. The van der Waals surface area contributed by atoms with Crippen LogP contribution in [0.15, 0.2) is 60.8 Å². The second kappa shape index (κ2) is 7.79. The first-order valence-electron chi connectivity index (χ1n) is 9.29. The van der Waals surface area contributed by atoms with Gasteiger partial charge in [-0.1, -0.05) is 18.2 Å². The molecule has 2 heterocycles. The summed E-state index contributed by atoms with van der Waals surface area (Å²) in [5, 5.41) is 7.46. The first kappa shape index (κ1) is 19.3. The Morgan fingerprint density at radius 2 is 1.86 bits per heavy atom. The van der Waals surface area contributed by atoms with Crippen molar-refractivity contribution in [2.75, 3.05) is 11.5 Å². The Balaban J connectivity index is 1.60. The van der Waals surface area contributed by atoms with Crippen molar-refractivity contribution in [3.63, 3.8) is 0 Å². The van der Waals surface area contributed by atoms with Gasteiger partial charge in [0.05, 0.1) is 28.8 Å². The van der Waals surface area contributed by atoms with E-state index in [-0.39, 0.29) is 29.8 Å². The minimum Gasteiger partial charge on any atom is -0.352 e. The molecule has 29 heavy (non-hydrogen) atoms. The van der Waals surface area contributed by atoms with Crippen molar-refractivity contribution in [2.24, 2.45) is 5.92 Å². The maximum atomic E-state index is 13.3. The third-order valence-electron chi connectivity index (χ3n) is 4.98. The molecule has 150 valence electrons. The molecule has 1 atom stereocenters. The van der Waals surface area contributed by atoms with Crippen molar-refractivity contribution in [1.29, 1.82) is 0 Å². The van der Waals surface area contributed by atoms with Gasteiger partial charge in [-0.25, -0.2) is 17.5 Å². The molecule has 1 aliphatic heterocycles. The van der Waals surface area contributed by atoms with E-state index in [4.69, 9.17) is 0 Å². The molecule has 0 spiro atoms. The van der Waals surface area contributed by atoms with E-state index in [0.29, 0.717) is 12.1 Å². The van der Waals surface area contributed by atoms with Gasteiger partial charge >= 0.3 is 0 Å². The highest BCUT2D eigenvalue weighted by molar-refractivity contribution is 7.91. The number of hydrogen-bond donors (Lipinski definition) is 1. The fourth-order valence-electron chi connectivity index (χ4n) is 3.43. The molecule has 2 aromatic carbocycles. The van der Waals surface area contributed by atoms with E-state index in [1.54, 1.807) is 16.8 Å². The highest BCUT2D eigenvalue weighted by Gasteiger charge is 2.32. The second-order valence-corrected chi connectivity index (χ2v) is 9.34. The van der Waals surface area contributed by atoms with Gasteiger partial charge in [-0.05, 0) is 42.8 Å². The van der Waals surface area contributed by atoms with Crippen LogP contribution in [-0.4, -0.2) is 35.6 Å². The molecule has 6 nitrogen and oxygen atoms in total. The third kappa shape index (κ3) is 4.37. The van der Waals surface area contributed by atoms with Gasteiger partial charge in [0.2, 0.25) is 5.91 Å². The van der Waals surface area contributed by atoms with Crippen molar-refractivity contribution < 1.29 is 17.6 Å². The number of benzene rings is 2. The Bertz CT molecular complexity index is 1130. The summed E-state index contributed by atoms with van der Waals surface area (Å²) in [6.45, 7) is 0.203. The lowest BCUT2D eigenvalue weighted by Gasteiger charge is -2.09. The highest BCUT2D eigenvalue weighted by atomic mass is 32.2. The van der Waals surface area contributed by atoms with Crippen LogP contribution in [0.5, 0.6) is 0 Å². The molecule has 1 amide bonds. The average Bonchev–Trinajstić information content (AvgIpc) is 3.31. The van der Waals surface area contributed by atoms with Crippen LogP contribution in [0, 0.1) is 11.7 Å². The number of rotatable bonds is 5. The normalized spacial score (nSPS) is 17.9. The van der Waals surface area contributed by atoms with Crippen LogP contribution >= 0.6 is 0 Å². The number of halogens is 1. The highest BCUT2D eigenvalue weighted by Crippen LogP contribution is 2.25. The summed E-state index contributed by atoms with van der Waals surface area (Å²) in [7, 11) is -3.12. The van der Waals surface area contributed by atoms with Crippen LogP contribution < -0.4 is 5.32 Å². The van der Waals surface area contributed by atoms with Crippen LogP contribution in [0.4, 0.5) is 4.39 Å². The Labute approximate surface area is 168 Å². The number of hydrogen-bond acceptors (Lipinski definition) is 4. The maximum absolute atomic E-state index is 13.3. The van der Waals surface area contributed by atoms with Gasteiger partial charge in [0.1, 0.15) is 5.82 Å². The first-order chi connectivity index (χ1) is 13.9. The fraction of sp³-hybridized carbons (Fsp3) is 0.238. The molecular weight excluding hydrogens is 393 g/mol. The molecule has 0 aliphatic carbocycles. The number of amides is 1. The van der Waals surface area contributed by atoms with E-state index >= 15 is 0 Å². The van der Waals surface area contributed by atoms with Gasteiger partial charge in [0.25, 0.3) is 0 Å². The molecule has 1 aromatic heterocycles. The Hall–Kier alpha value is -3.00. The van der Waals surface area contributed by atoms with Crippen LogP contribution in [0.2, 0.25) is 0 Å². The molecular formula is C21H20FN3O3S. The van der Waals surface area contributed by atoms with E-state index in [1.165, 1.54) is 12.1 Å². The van der Waals surface area contributed by atoms with E-state index in [0.717, 1.165) is 16.8 Å². The summed E-state index contributed by atoms with van der Waals surface area (Å²) in [6.07, 6.45) is 2.17. The Morgan fingerprint density at radius 1 is 1.14 bits per heavy atom. The van der Waals surface area contributed by atoms with Crippen molar-refractivity contribution in [2.45, 2.75) is 13.0 Å². The first-order valence-corrected chi connectivity index (χ1v) is 11.1. The van der Waals surface area contributed by atoms with Crippen molar-refractivity contribution in [3.05, 3.63) is 72.2 Å². The SMILES string of the molecule is O=C(NCc1cn(-c2ccccc2)nc1-c1ccc(F)cc1)[C@@H]1CCS(=O)(=O)C1. The zero-order valence-corrected chi connectivity index (χ0v) is 16.4. The number of nitrogens with zero attached hydrogens (tertiary/aromatic N) is 2. The van der Waals surface area contributed by atoms with Crippen molar-refractivity contribution >= 4 is 15.7 Å². The summed E-state index contributed by atoms with van der Waals surface area (Å²) < 4.78 is 38.3. The Kier molecular flexibility index (Phi) is 5.19. The summed E-state index contributed by atoms with van der Waals surface area (Å²) in [5.41, 5.74) is 2.98. The molecule has 0 bridgehead atoms. The molecule has 1 saturated heterocycles. The van der Waals surface area contributed by atoms with Crippen molar-refractivity contribution in [3.8, 4) is 16.9 Å². The molecule has 3 aromatic rings. The molecule has 8 heteroatoms. The predicted molar refractivity (Wildman–Crippen MR) is 108 cm³/mol. The third-order valence-corrected chi connectivity index (χ3v) is 6.75. The molecule has 1 fully saturated rings. The average molecular weight is 413 g/mol. The number of sulfone groups is 1. The van der Waals surface area contributed by atoms with E-state index in [1.807, 2.05) is 36.5 Å². The largest absolute Gasteiger partial charge is 0.352 e. The second-order valence-electron chi connectivity index (χ2n) is 7.11. The topological polar surface area (TPSA) is 81.1 Å². The van der Waals surface area contributed by atoms with E-state index in [9.17, 15) is 17.6 Å². The van der Waals surface area contributed by atoms with Gasteiger partial charge in [-0.2, -0.15) is 5.10 Å². The van der Waals surface area contributed by atoms with Gasteiger partial charge < -0.3 is 5.32 Å². The molecule has 0 saturated carbocycles. The standard InChI is InChI=1S/C21H20FN3O3S/c22-18-8-6-15(7-9-18)20-17(13-25(24-20)19-4-2-1-3-5-19)12-23-21(26)16-10-11-29(27,28)14-16/h1-9,13,16H,10-12,14H2,(H,23,26)/t16-/m1/s1. The van der Waals surface area contributed by atoms with Crippen LogP contribution in [0.25, 0.3) is 16.9 Å². The monoisotopic (exact) mass is 413 g/mol. The van der Waals surface area contributed by atoms with Crippen LogP contribution in [-0.2, 0) is 21.2 Å². The predicted octanol–water partition coefficient (Wildman–Crippen LogP) is 2.73. The van der Waals surface area contributed by atoms with Crippen LogP contribution in [0.1, 0.15) is 12.0 Å². The van der Waals surface area contributed by atoms with Gasteiger partial charge in [0.15, 0.2) is 9.84 Å². The molecule has 4 rings (SSSR count). The minimum atomic E-state index is -3.12. The smallest absolute Gasteiger partial charge is 0.224 e. The lowest BCUT2D eigenvalue weighted by Crippen LogP contribution is -2.31. The lowest BCUT2D eigenvalue weighted by molar-refractivity contribution is -0.124. The summed E-state index contributed by atoms with van der Waals surface area (Å²) in [4.78, 5) is 12.4. The van der Waals surface area contributed by atoms with Crippen molar-refractivity contribution in [1.82, 2.24) is 15.1 Å². The van der Waals surface area contributed by atoms with Crippen LogP contribution in [0.3, 0.4) is 0 Å². The zero-order chi connectivity index (χ0) is 20.4. The number of carbonyl (C=O) groups excluding carboxylic acids is 1. The van der Waals surface area contributed by atoms with Gasteiger partial charge in [0, 0.05) is 23.9 Å². The zero-order valence-electron chi connectivity index (χ0n) is 15.6. The number of aromatic nitrogens is 2. The summed E-state index contributed by atoms with van der Waals surface area (Å²) in [6, 6.07) is 15.5. The molecule has 0 radical (unpaired) electrons. The number of carbonyl (C=O) groups is 1. The maximum Gasteiger partial charge on any atom is 0.224 e. The summed E-state index contributed by atoms with van der Waals surface area (Å²) in [5.74, 6) is -1.18. The molecule has 1 N–H and O–H groups in total. The summed E-state index contributed by atoms with van der Waals surface area (Å²) >= 11 is 0. The minimum absolute atomic E-state index is 0.0534. The lowest BCUT2D eigenvalue weighted by atomic mass is 10.1. The number of para-hydroxylation sites is 1. The molecule has 1 aliphatic rings. The quantitative estimate of drug-likeness (QED) is 0.697. The van der Waals surface area contributed by atoms with E-state index < -0.39 is 15.8 Å². The fourth-order valence-corrected chi connectivity index (χ4v) is 5.17.